The molecule has 0 fully saturated rings. The first-order valence-corrected chi connectivity index (χ1v) is 8.93. The Balaban J connectivity index is 1.87. The van der Waals surface area contributed by atoms with Gasteiger partial charge in [0.2, 0.25) is 10.0 Å². The molecule has 0 aliphatic carbocycles. The summed E-state index contributed by atoms with van der Waals surface area (Å²) in [6, 6.07) is 6.61. The van der Waals surface area contributed by atoms with E-state index < -0.39 is 16.1 Å². The number of fused-ring (bicyclic) bond motifs is 1. The summed E-state index contributed by atoms with van der Waals surface area (Å²) >= 11 is 0. The Bertz CT molecular complexity index is 873. The second-order valence-corrected chi connectivity index (χ2v) is 6.95. The lowest BCUT2D eigenvalue weighted by atomic mass is 10.2. The summed E-state index contributed by atoms with van der Waals surface area (Å²) in [6.07, 6.45) is 4.59. The molecule has 0 saturated carbocycles. The summed E-state index contributed by atoms with van der Waals surface area (Å²) in [4.78, 5) is 0. The van der Waals surface area contributed by atoms with Gasteiger partial charge in [-0.2, -0.15) is 0 Å². The molecule has 1 atom stereocenters. The average molecular weight is 335 g/mol. The molecule has 9 heteroatoms. The lowest BCUT2D eigenvalue weighted by Crippen LogP contribution is -2.31. The van der Waals surface area contributed by atoms with E-state index in [4.69, 9.17) is 0 Å². The van der Waals surface area contributed by atoms with E-state index in [1.54, 1.807) is 4.40 Å². The number of rotatable bonds is 7. The normalized spacial score (nSPS) is 13.4. The number of nitrogens with one attached hydrogen (secondary N) is 1. The fourth-order valence-corrected chi connectivity index (χ4v) is 3.67. The maximum Gasteiger partial charge on any atom is 0.218 e. The third-order valence-corrected chi connectivity index (χ3v) is 4.70. The molecule has 0 spiro atoms. The standard InChI is InChI=1S/C14H17N5O3S/c1-2-5-12(14-16-15-13-6-3-4-8-19(13)14)18-23(20,21)10-11-7-9-22-17-11/h3-4,6-9,12,18H,2,5,10H2,1H3/t12-/m1/s1. The third-order valence-electron chi connectivity index (χ3n) is 3.38. The molecule has 0 radical (unpaired) electrons. The van der Waals surface area contributed by atoms with Gasteiger partial charge in [-0.3, -0.25) is 4.40 Å². The summed E-state index contributed by atoms with van der Waals surface area (Å²) in [7, 11) is -3.57. The van der Waals surface area contributed by atoms with Gasteiger partial charge in [-0.1, -0.05) is 24.6 Å². The van der Waals surface area contributed by atoms with Gasteiger partial charge in [0.05, 0.1) is 11.7 Å². The zero-order valence-corrected chi connectivity index (χ0v) is 13.4. The number of nitrogens with zero attached hydrogens (tertiary/aromatic N) is 4. The Morgan fingerprint density at radius 2 is 2.17 bits per heavy atom. The maximum absolute atomic E-state index is 12.4. The Labute approximate surface area is 133 Å². The molecule has 0 amide bonds. The summed E-state index contributed by atoms with van der Waals surface area (Å²) in [5, 5.41) is 11.9. The SMILES string of the molecule is CCC[C@@H](NS(=O)(=O)Cc1ccon1)c1nnc2ccccn12. The largest absolute Gasteiger partial charge is 0.364 e. The molecule has 3 aromatic rings. The van der Waals surface area contributed by atoms with Crippen molar-refractivity contribution in [2.75, 3.05) is 0 Å². The van der Waals surface area contributed by atoms with E-state index in [9.17, 15) is 8.42 Å². The first kappa shape index (κ1) is 15.6. The van der Waals surface area contributed by atoms with Crippen LogP contribution in [-0.2, 0) is 15.8 Å². The van der Waals surface area contributed by atoms with Crippen LogP contribution in [-0.4, -0.2) is 28.2 Å². The molecular weight excluding hydrogens is 318 g/mol. The van der Waals surface area contributed by atoms with E-state index in [0.29, 0.717) is 23.6 Å². The lowest BCUT2D eigenvalue weighted by molar-refractivity contribution is 0.413. The molecule has 0 aromatic carbocycles. The van der Waals surface area contributed by atoms with Crippen LogP contribution < -0.4 is 4.72 Å². The van der Waals surface area contributed by atoms with Crippen LogP contribution in [0.25, 0.3) is 5.65 Å². The highest BCUT2D eigenvalue weighted by molar-refractivity contribution is 7.88. The first-order chi connectivity index (χ1) is 11.1. The molecule has 3 heterocycles. The average Bonchev–Trinajstić information content (AvgIpc) is 3.15. The third kappa shape index (κ3) is 3.57. The van der Waals surface area contributed by atoms with Crippen molar-refractivity contribution in [3.05, 3.63) is 48.2 Å². The summed E-state index contributed by atoms with van der Waals surface area (Å²) in [5.74, 6) is 0.340. The van der Waals surface area contributed by atoms with Gasteiger partial charge >= 0.3 is 0 Å². The van der Waals surface area contributed by atoms with Crippen LogP contribution in [0.15, 0.2) is 41.2 Å². The minimum atomic E-state index is -3.57. The quantitative estimate of drug-likeness (QED) is 0.705. The number of pyridine rings is 1. The topological polar surface area (TPSA) is 102 Å². The van der Waals surface area contributed by atoms with Crippen molar-refractivity contribution < 1.29 is 12.9 Å². The van der Waals surface area contributed by atoms with Gasteiger partial charge in [-0.25, -0.2) is 13.1 Å². The van der Waals surface area contributed by atoms with Crippen molar-refractivity contribution in [2.45, 2.75) is 31.6 Å². The van der Waals surface area contributed by atoms with Gasteiger partial charge in [0, 0.05) is 12.3 Å². The predicted octanol–water partition coefficient (Wildman–Crippen LogP) is 1.68. The molecule has 8 nitrogen and oxygen atoms in total. The second-order valence-electron chi connectivity index (χ2n) is 5.20. The molecule has 0 unspecified atom stereocenters. The highest BCUT2D eigenvalue weighted by Gasteiger charge is 2.24. The Kier molecular flexibility index (Phi) is 4.39. The zero-order chi connectivity index (χ0) is 16.3. The summed E-state index contributed by atoms with van der Waals surface area (Å²) in [5.41, 5.74) is 1.04. The molecule has 0 saturated heterocycles. The fourth-order valence-electron chi connectivity index (χ4n) is 2.39. The molecular formula is C14H17N5O3S. The van der Waals surface area contributed by atoms with Crippen LogP contribution in [0.5, 0.6) is 0 Å². The van der Waals surface area contributed by atoms with Crippen LogP contribution in [0.1, 0.15) is 37.3 Å². The number of aromatic nitrogens is 4. The number of hydrogen-bond donors (Lipinski definition) is 1. The van der Waals surface area contributed by atoms with Crippen LogP contribution in [0.3, 0.4) is 0 Å². The number of sulfonamides is 1. The molecule has 3 rings (SSSR count). The van der Waals surface area contributed by atoms with E-state index in [-0.39, 0.29) is 5.75 Å². The Hall–Kier alpha value is -2.26. The van der Waals surface area contributed by atoms with Crippen molar-refractivity contribution in [3.8, 4) is 0 Å². The molecule has 23 heavy (non-hydrogen) atoms. The van der Waals surface area contributed by atoms with Gasteiger partial charge in [0.1, 0.15) is 12.0 Å². The minimum Gasteiger partial charge on any atom is -0.364 e. The highest BCUT2D eigenvalue weighted by atomic mass is 32.2. The van der Waals surface area contributed by atoms with E-state index >= 15 is 0 Å². The smallest absolute Gasteiger partial charge is 0.218 e. The Morgan fingerprint density at radius 1 is 1.30 bits per heavy atom. The van der Waals surface area contributed by atoms with Gasteiger partial charge < -0.3 is 4.52 Å². The van der Waals surface area contributed by atoms with Crippen molar-refractivity contribution in [2.24, 2.45) is 0 Å². The first-order valence-electron chi connectivity index (χ1n) is 7.28. The van der Waals surface area contributed by atoms with Gasteiger partial charge in [0.25, 0.3) is 0 Å². The molecule has 3 aromatic heterocycles. The lowest BCUT2D eigenvalue weighted by Gasteiger charge is -2.16. The van der Waals surface area contributed by atoms with Gasteiger partial charge in [0.15, 0.2) is 11.5 Å². The van der Waals surface area contributed by atoms with Crippen molar-refractivity contribution in [1.29, 1.82) is 0 Å². The van der Waals surface area contributed by atoms with Crippen molar-refractivity contribution in [1.82, 2.24) is 24.5 Å². The van der Waals surface area contributed by atoms with E-state index in [1.165, 1.54) is 12.3 Å². The predicted molar refractivity (Wildman–Crippen MR) is 82.9 cm³/mol. The van der Waals surface area contributed by atoms with Crippen molar-refractivity contribution in [3.63, 3.8) is 0 Å². The molecule has 0 bridgehead atoms. The van der Waals surface area contributed by atoms with Gasteiger partial charge in [-0.05, 0) is 18.6 Å². The van der Waals surface area contributed by atoms with Crippen LogP contribution in [0.4, 0.5) is 0 Å². The monoisotopic (exact) mass is 335 g/mol. The molecule has 0 aliphatic rings. The zero-order valence-electron chi connectivity index (χ0n) is 12.6. The molecule has 0 aliphatic heterocycles. The second kappa shape index (κ2) is 6.47. The van der Waals surface area contributed by atoms with Crippen molar-refractivity contribution >= 4 is 15.7 Å². The summed E-state index contributed by atoms with van der Waals surface area (Å²) < 4.78 is 33.9. The van der Waals surface area contributed by atoms with Crippen LogP contribution in [0.2, 0.25) is 0 Å². The molecule has 1 N–H and O–H groups in total. The highest BCUT2D eigenvalue weighted by Crippen LogP contribution is 2.19. The summed E-state index contributed by atoms with van der Waals surface area (Å²) in [6.45, 7) is 1.99. The molecule has 122 valence electrons. The van der Waals surface area contributed by atoms with E-state index in [0.717, 1.165) is 6.42 Å². The fraction of sp³-hybridized carbons (Fsp3) is 0.357. The van der Waals surface area contributed by atoms with E-state index in [2.05, 4.69) is 24.6 Å². The number of hydrogen-bond acceptors (Lipinski definition) is 6. The van der Waals surface area contributed by atoms with Crippen LogP contribution >= 0.6 is 0 Å². The van der Waals surface area contributed by atoms with Gasteiger partial charge in [-0.15, -0.1) is 10.2 Å². The maximum atomic E-state index is 12.4. The van der Waals surface area contributed by atoms with E-state index in [1.807, 2.05) is 31.3 Å². The van der Waals surface area contributed by atoms with Crippen LogP contribution in [0, 0.1) is 0 Å². The minimum absolute atomic E-state index is 0.236. The Morgan fingerprint density at radius 3 is 2.91 bits per heavy atom.